The molecule has 1 aromatic rings. The fourth-order valence-corrected chi connectivity index (χ4v) is 0.722. The van der Waals surface area contributed by atoms with Crippen molar-refractivity contribution < 1.29 is 10.3 Å². The number of hydrogen-bond donors (Lipinski definition) is 1. The topological polar surface area (TPSA) is 73.5 Å². The maximum atomic E-state index is 10.3. The van der Waals surface area contributed by atoms with E-state index in [2.05, 4.69) is 10.3 Å². The van der Waals surface area contributed by atoms with Crippen molar-refractivity contribution in [1.82, 2.24) is 4.98 Å². The second-order valence-electron chi connectivity index (χ2n) is 1.81. The Balaban J connectivity index is 0.000001000. The van der Waals surface area contributed by atoms with Crippen LogP contribution in [-0.4, -0.2) is 23.8 Å². The fraction of sp³-hybridized carbons (Fsp3) is 0.143. The summed E-state index contributed by atoms with van der Waals surface area (Å²) in [6, 6.07) is 3.44. The van der Waals surface area contributed by atoms with E-state index in [1.54, 1.807) is 25.4 Å². The Morgan fingerprint density at radius 2 is 2.36 bits per heavy atom. The second kappa shape index (κ2) is 4.40. The van der Waals surface area contributed by atoms with Gasteiger partial charge in [0, 0.05) is 13.2 Å². The van der Waals surface area contributed by atoms with Crippen LogP contribution in [0.4, 0.5) is 5.82 Å². The molecule has 4 nitrogen and oxygen atoms in total. The van der Waals surface area contributed by atoms with Crippen molar-refractivity contribution in [2.75, 3.05) is 12.4 Å². The first-order valence-electron chi connectivity index (χ1n) is 2.96. The summed E-state index contributed by atoms with van der Waals surface area (Å²) in [6.07, 6.45) is 2.41. The summed E-state index contributed by atoms with van der Waals surface area (Å²) in [6.45, 7) is 0. The molecule has 0 unspecified atom stereocenters. The third-order valence-corrected chi connectivity index (χ3v) is 1.20. The first-order chi connectivity index (χ1) is 4.88. The van der Waals surface area contributed by atoms with Crippen molar-refractivity contribution in [3.63, 3.8) is 0 Å². The van der Waals surface area contributed by atoms with E-state index in [1.807, 2.05) is 0 Å². The molecule has 0 bridgehead atoms. The van der Waals surface area contributed by atoms with E-state index >= 15 is 0 Å². The minimum atomic E-state index is 0. The number of aldehydes is 1. The van der Waals surface area contributed by atoms with Gasteiger partial charge < -0.3 is 10.8 Å². The third kappa shape index (κ3) is 2.01. The number of nitrogens with zero attached hydrogens (tertiary/aromatic N) is 1. The molecular weight excluding hydrogens is 144 g/mol. The van der Waals surface area contributed by atoms with Crippen molar-refractivity contribution in [3.8, 4) is 0 Å². The van der Waals surface area contributed by atoms with E-state index in [9.17, 15) is 4.79 Å². The number of pyridine rings is 1. The van der Waals surface area contributed by atoms with E-state index < -0.39 is 0 Å². The molecule has 0 aliphatic heterocycles. The van der Waals surface area contributed by atoms with Gasteiger partial charge in [0.1, 0.15) is 5.82 Å². The number of nitrogens with one attached hydrogen (secondary N) is 1. The van der Waals surface area contributed by atoms with Gasteiger partial charge in [0.05, 0.1) is 5.56 Å². The number of carbonyl (C=O) groups excluding carboxylic acids is 1. The number of aromatic nitrogens is 1. The molecule has 0 aliphatic carbocycles. The Bertz CT molecular complexity index is 238. The van der Waals surface area contributed by atoms with Gasteiger partial charge in [0.15, 0.2) is 6.29 Å². The minimum Gasteiger partial charge on any atom is -0.412 e. The summed E-state index contributed by atoms with van der Waals surface area (Å²) >= 11 is 0. The predicted octanol–water partition coefficient (Wildman–Crippen LogP) is 0.111. The van der Waals surface area contributed by atoms with Gasteiger partial charge in [-0.05, 0) is 12.1 Å². The molecule has 60 valence electrons. The first-order valence-corrected chi connectivity index (χ1v) is 2.96. The molecule has 0 saturated carbocycles. The highest BCUT2D eigenvalue weighted by Crippen LogP contribution is 2.05. The molecule has 4 heteroatoms. The molecule has 11 heavy (non-hydrogen) atoms. The number of carbonyl (C=O) groups is 1. The quantitative estimate of drug-likeness (QED) is 0.614. The zero-order valence-electron chi connectivity index (χ0n) is 6.16. The molecule has 0 amide bonds. The van der Waals surface area contributed by atoms with Gasteiger partial charge in [-0.15, -0.1) is 0 Å². The van der Waals surface area contributed by atoms with Crippen LogP contribution < -0.4 is 5.32 Å². The van der Waals surface area contributed by atoms with Crippen LogP contribution in [0.5, 0.6) is 0 Å². The van der Waals surface area contributed by atoms with Crippen LogP contribution in [0.3, 0.4) is 0 Å². The largest absolute Gasteiger partial charge is 0.412 e. The Kier molecular flexibility index (Phi) is 3.84. The highest BCUT2D eigenvalue weighted by Gasteiger charge is 1.96. The zero-order chi connectivity index (χ0) is 7.40. The van der Waals surface area contributed by atoms with Crippen LogP contribution in [0.2, 0.25) is 0 Å². The van der Waals surface area contributed by atoms with Crippen molar-refractivity contribution in [3.05, 3.63) is 23.9 Å². The summed E-state index contributed by atoms with van der Waals surface area (Å²) < 4.78 is 0. The van der Waals surface area contributed by atoms with E-state index in [0.717, 1.165) is 6.29 Å². The molecule has 0 saturated heterocycles. The van der Waals surface area contributed by atoms with Crippen LogP contribution in [0.25, 0.3) is 0 Å². The Morgan fingerprint density at radius 1 is 1.64 bits per heavy atom. The first kappa shape index (κ1) is 9.58. The van der Waals surface area contributed by atoms with Gasteiger partial charge >= 0.3 is 0 Å². The van der Waals surface area contributed by atoms with Gasteiger partial charge in [-0.25, -0.2) is 4.98 Å². The average molecular weight is 154 g/mol. The number of rotatable bonds is 2. The number of hydrogen-bond acceptors (Lipinski definition) is 3. The van der Waals surface area contributed by atoms with Crippen LogP contribution in [0.15, 0.2) is 18.3 Å². The summed E-state index contributed by atoms with van der Waals surface area (Å²) in [7, 11) is 1.73. The van der Waals surface area contributed by atoms with Crippen molar-refractivity contribution >= 4 is 12.1 Å². The summed E-state index contributed by atoms with van der Waals surface area (Å²) in [5.74, 6) is 0.623. The minimum absolute atomic E-state index is 0. The third-order valence-electron chi connectivity index (χ3n) is 1.20. The molecule has 1 heterocycles. The summed E-state index contributed by atoms with van der Waals surface area (Å²) in [5, 5.41) is 2.80. The monoisotopic (exact) mass is 154 g/mol. The van der Waals surface area contributed by atoms with Gasteiger partial charge in [0.2, 0.25) is 0 Å². The fourth-order valence-electron chi connectivity index (χ4n) is 0.722. The van der Waals surface area contributed by atoms with Crippen LogP contribution in [0, 0.1) is 0 Å². The van der Waals surface area contributed by atoms with Crippen LogP contribution >= 0.6 is 0 Å². The van der Waals surface area contributed by atoms with E-state index in [1.165, 1.54) is 0 Å². The SMILES string of the molecule is CNc1ncccc1C=O.O. The molecule has 0 aliphatic rings. The lowest BCUT2D eigenvalue weighted by Crippen LogP contribution is -1.96. The summed E-state index contributed by atoms with van der Waals surface area (Å²) in [4.78, 5) is 14.2. The van der Waals surface area contributed by atoms with Gasteiger partial charge in [0.25, 0.3) is 0 Å². The molecule has 1 aromatic heterocycles. The van der Waals surface area contributed by atoms with Crippen molar-refractivity contribution in [2.24, 2.45) is 0 Å². The molecule has 0 spiro atoms. The van der Waals surface area contributed by atoms with Gasteiger partial charge in [-0.3, -0.25) is 4.79 Å². The Morgan fingerprint density at radius 3 is 2.82 bits per heavy atom. The maximum Gasteiger partial charge on any atom is 0.153 e. The lowest BCUT2D eigenvalue weighted by molar-refractivity contribution is 0.112. The molecular formula is C7H10N2O2. The van der Waals surface area contributed by atoms with Crippen molar-refractivity contribution in [2.45, 2.75) is 0 Å². The lowest BCUT2D eigenvalue weighted by atomic mass is 10.3. The smallest absolute Gasteiger partial charge is 0.153 e. The highest BCUT2D eigenvalue weighted by atomic mass is 16.1. The van der Waals surface area contributed by atoms with E-state index in [0.29, 0.717) is 11.4 Å². The van der Waals surface area contributed by atoms with E-state index in [-0.39, 0.29) is 5.48 Å². The van der Waals surface area contributed by atoms with E-state index in [4.69, 9.17) is 0 Å². The van der Waals surface area contributed by atoms with Crippen molar-refractivity contribution in [1.29, 1.82) is 0 Å². The molecule has 0 aromatic carbocycles. The van der Waals surface area contributed by atoms with Gasteiger partial charge in [-0.1, -0.05) is 0 Å². The number of anilines is 1. The summed E-state index contributed by atoms with van der Waals surface area (Å²) in [5.41, 5.74) is 0.588. The Hall–Kier alpha value is -1.42. The van der Waals surface area contributed by atoms with Crippen LogP contribution in [-0.2, 0) is 0 Å². The Labute approximate surface area is 64.6 Å². The molecule has 3 N–H and O–H groups in total. The second-order valence-corrected chi connectivity index (χ2v) is 1.81. The maximum absolute atomic E-state index is 10.3. The molecule has 0 fully saturated rings. The molecule has 0 radical (unpaired) electrons. The zero-order valence-corrected chi connectivity index (χ0v) is 6.16. The molecule has 1 rings (SSSR count). The van der Waals surface area contributed by atoms with Gasteiger partial charge in [-0.2, -0.15) is 0 Å². The molecule has 0 atom stereocenters. The standard InChI is InChI=1S/C7H8N2O.H2O/c1-8-7-6(5-10)3-2-4-9-7;/h2-5H,1H3,(H,8,9);1H2. The van der Waals surface area contributed by atoms with Crippen LogP contribution in [0.1, 0.15) is 10.4 Å². The predicted molar refractivity (Wildman–Crippen MR) is 42.8 cm³/mol. The normalized spacial score (nSPS) is 8.09. The lowest BCUT2D eigenvalue weighted by Gasteiger charge is -1.98. The average Bonchev–Trinajstić information content (AvgIpc) is 2.04. The highest BCUT2D eigenvalue weighted by molar-refractivity contribution is 5.82.